The largest absolute Gasteiger partial charge is 0.389 e. The second kappa shape index (κ2) is 6.86. The van der Waals surface area contributed by atoms with Gasteiger partial charge in [-0.1, -0.05) is 26.1 Å². The van der Waals surface area contributed by atoms with Crippen molar-refractivity contribution in [1.29, 1.82) is 0 Å². The van der Waals surface area contributed by atoms with Gasteiger partial charge in [0.25, 0.3) is 0 Å². The van der Waals surface area contributed by atoms with Crippen molar-refractivity contribution < 1.29 is 4.79 Å². The van der Waals surface area contributed by atoms with Gasteiger partial charge < -0.3 is 16.4 Å². The van der Waals surface area contributed by atoms with Crippen molar-refractivity contribution >= 4 is 44.7 Å². The molecular weight excluding hydrogens is 326 g/mol. The third-order valence-corrected chi connectivity index (χ3v) is 3.39. The molecule has 0 radical (unpaired) electrons. The molecular formula is C13H18BrN3OS. The van der Waals surface area contributed by atoms with E-state index < -0.39 is 0 Å². The summed E-state index contributed by atoms with van der Waals surface area (Å²) >= 11 is 8.40. The molecule has 104 valence electrons. The molecule has 1 amide bonds. The summed E-state index contributed by atoms with van der Waals surface area (Å²) in [5.41, 5.74) is 12.6. The van der Waals surface area contributed by atoms with Crippen molar-refractivity contribution in [3.05, 3.63) is 28.2 Å². The van der Waals surface area contributed by atoms with E-state index in [4.69, 9.17) is 23.7 Å². The average Bonchev–Trinajstić information content (AvgIpc) is 2.26. The lowest BCUT2D eigenvalue weighted by atomic mass is 10.1. The van der Waals surface area contributed by atoms with Crippen LogP contribution in [0.5, 0.6) is 0 Å². The molecule has 0 bridgehead atoms. The zero-order valence-electron chi connectivity index (χ0n) is 11.0. The molecule has 1 aromatic rings. The van der Waals surface area contributed by atoms with Crippen molar-refractivity contribution in [2.45, 2.75) is 13.8 Å². The van der Waals surface area contributed by atoms with Crippen molar-refractivity contribution in [2.24, 2.45) is 17.4 Å². The second-order valence-electron chi connectivity index (χ2n) is 4.77. The van der Waals surface area contributed by atoms with Gasteiger partial charge >= 0.3 is 0 Å². The SMILES string of the molecule is CC(C)CN(CC(N)=O)c1ccc(C(N)=S)c(Br)c1. The van der Waals surface area contributed by atoms with Crippen LogP contribution in [0.25, 0.3) is 0 Å². The summed E-state index contributed by atoms with van der Waals surface area (Å²) in [6.45, 7) is 5.12. The van der Waals surface area contributed by atoms with Gasteiger partial charge in [-0.25, -0.2) is 0 Å². The maximum absolute atomic E-state index is 11.2. The number of carbonyl (C=O) groups excluding carboxylic acids is 1. The summed E-state index contributed by atoms with van der Waals surface area (Å²) in [5.74, 6) is 0.0728. The number of nitrogens with two attached hydrogens (primary N) is 2. The van der Waals surface area contributed by atoms with E-state index in [2.05, 4.69) is 29.8 Å². The summed E-state index contributed by atoms with van der Waals surface area (Å²) in [6.07, 6.45) is 0. The first-order valence-corrected chi connectivity index (χ1v) is 7.14. The van der Waals surface area contributed by atoms with Gasteiger partial charge in [0, 0.05) is 22.3 Å². The summed E-state index contributed by atoms with van der Waals surface area (Å²) in [6, 6.07) is 5.64. The molecule has 1 aromatic carbocycles. The zero-order chi connectivity index (χ0) is 14.6. The predicted octanol–water partition coefficient (Wildman–Crippen LogP) is 2.03. The first-order chi connectivity index (χ1) is 8.81. The smallest absolute Gasteiger partial charge is 0.236 e. The molecule has 0 fully saturated rings. The van der Waals surface area contributed by atoms with Crippen molar-refractivity contribution in [1.82, 2.24) is 0 Å². The molecule has 0 saturated heterocycles. The van der Waals surface area contributed by atoms with E-state index in [1.165, 1.54) is 0 Å². The van der Waals surface area contributed by atoms with E-state index in [-0.39, 0.29) is 12.5 Å². The molecule has 0 aliphatic heterocycles. The maximum atomic E-state index is 11.2. The molecule has 0 aromatic heterocycles. The molecule has 4 nitrogen and oxygen atoms in total. The van der Waals surface area contributed by atoms with Gasteiger partial charge in [0.15, 0.2) is 0 Å². The predicted molar refractivity (Wildman–Crippen MR) is 86.3 cm³/mol. The summed E-state index contributed by atoms with van der Waals surface area (Å²) in [7, 11) is 0. The Labute approximate surface area is 127 Å². The minimum atomic E-state index is -0.352. The Morgan fingerprint density at radius 1 is 1.42 bits per heavy atom. The van der Waals surface area contributed by atoms with E-state index in [0.717, 1.165) is 22.3 Å². The van der Waals surface area contributed by atoms with E-state index in [9.17, 15) is 4.79 Å². The van der Waals surface area contributed by atoms with E-state index in [1.54, 1.807) is 0 Å². The molecule has 0 spiro atoms. The average molecular weight is 344 g/mol. The Kier molecular flexibility index (Phi) is 5.75. The Bertz CT molecular complexity index is 491. The normalized spacial score (nSPS) is 10.5. The third-order valence-electron chi connectivity index (χ3n) is 2.52. The topological polar surface area (TPSA) is 72.3 Å². The Morgan fingerprint density at radius 3 is 2.47 bits per heavy atom. The highest BCUT2D eigenvalue weighted by atomic mass is 79.9. The number of amides is 1. The molecule has 0 atom stereocenters. The van der Waals surface area contributed by atoms with Crippen LogP contribution in [0.3, 0.4) is 0 Å². The number of carbonyl (C=O) groups is 1. The number of nitrogens with zero attached hydrogens (tertiary/aromatic N) is 1. The van der Waals surface area contributed by atoms with Crippen molar-refractivity contribution in [2.75, 3.05) is 18.0 Å². The number of primary amides is 1. The zero-order valence-corrected chi connectivity index (χ0v) is 13.4. The molecule has 19 heavy (non-hydrogen) atoms. The van der Waals surface area contributed by atoms with Gasteiger partial charge in [0.05, 0.1) is 6.54 Å². The standard InChI is InChI=1S/C13H18BrN3OS/c1-8(2)6-17(7-12(15)18)9-3-4-10(13(16)19)11(14)5-9/h3-5,8H,6-7H2,1-2H3,(H2,15,18)(H2,16,19). The van der Waals surface area contributed by atoms with E-state index in [0.29, 0.717) is 10.9 Å². The van der Waals surface area contributed by atoms with Crippen molar-refractivity contribution in [3.8, 4) is 0 Å². The van der Waals surface area contributed by atoms with E-state index in [1.807, 2.05) is 23.1 Å². The molecule has 1 rings (SSSR count). The Balaban J connectivity index is 3.05. The number of hydrogen-bond acceptors (Lipinski definition) is 3. The monoisotopic (exact) mass is 343 g/mol. The Hall–Kier alpha value is -1.14. The molecule has 0 heterocycles. The minimum absolute atomic E-state index is 0.192. The summed E-state index contributed by atoms with van der Waals surface area (Å²) in [5, 5.41) is 0. The molecule has 6 heteroatoms. The molecule has 0 aliphatic carbocycles. The number of anilines is 1. The first-order valence-electron chi connectivity index (χ1n) is 5.94. The van der Waals surface area contributed by atoms with Crippen LogP contribution in [0.15, 0.2) is 22.7 Å². The minimum Gasteiger partial charge on any atom is -0.389 e. The lowest BCUT2D eigenvalue weighted by Gasteiger charge is -2.25. The molecule has 4 N–H and O–H groups in total. The number of halogens is 1. The lowest BCUT2D eigenvalue weighted by Crippen LogP contribution is -2.36. The fraction of sp³-hybridized carbons (Fsp3) is 0.385. The summed E-state index contributed by atoms with van der Waals surface area (Å²) < 4.78 is 0.815. The highest BCUT2D eigenvalue weighted by Gasteiger charge is 2.13. The van der Waals surface area contributed by atoms with Crippen LogP contribution in [-0.2, 0) is 4.79 Å². The molecule has 0 unspecified atom stereocenters. The van der Waals surface area contributed by atoms with Gasteiger partial charge in [-0.3, -0.25) is 4.79 Å². The number of hydrogen-bond donors (Lipinski definition) is 2. The number of benzene rings is 1. The van der Waals surface area contributed by atoms with Crippen LogP contribution < -0.4 is 16.4 Å². The highest BCUT2D eigenvalue weighted by molar-refractivity contribution is 9.10. The second-order valence-corrected chi connectivity index (χ2v) is 6.06. The number of thiocarbonyl (C=S) groups is 1. The Morgan fingerprint density at radius 2 is 2.05 bits per heavy atom. The quantitative estimate of drug-likeness (QED) is 0.775. The van der Waals surface area contributed by atoms with Gasteiger partial charge in [0.1, 0.15) is 4.99 Å². The van der Waals surface area contributed by atoms with E-state index >= 15 is 0 Å². The molecule has 0 saturated carbocycles. The maximum Gasteiger partial charge on any atom is 0.236 e. The lowest BCUT2D eigenvalue weighted by molar-refractivity contribution is -0.116. The van der Waals surface area contributed by atoms with Crippen LogP contribution in [-0.4, -0.2) is 24.0 Å². The van der Waals surface area contributed by atoms with Gasteiger partial charge in [-0.2, -0.15) is 0 Å². The van der Waals surface area contributed by atoms with Gasteiger partial charge in [0.2, 0.25) is 5.91 Å². The van der Waals surface area contributed by atoms with Crippen LogP contribution in [0.2, 0.25) is 0 Å². The van der Waals surface area contributed by atoms with Crippen molar-refractivity contribution in [3.63, 3.8) is 0 Å². The summed E-state index contributed by atoms with van der Waals surface area (Å²) in [4.78, 5) is 13.4. The van der Waals surface area contributed by atoms with Crippen LogP contribution in [0.1, 0.15) is 19.4 Å². The third kappa shape index (κ3) is 4.80. The van der Waals surface area contributed by atoms with Crippen LogP contribution in [0, 0.1) is 5.92 Å². The van der Waals surface area contributed by atoms with Gasteiger partial charge in [-0.15, -0.1) is 0 Å². The van der Waals surface area contributed by atoms with Crippen LogP contribution >= 0.6 is 28.1 Å². The van der Waals surface area contributed by atoms with Crippen LogP contribution in [0.4, 0.5) is 5.69 Å². The highest BCUT2D eigenvalue weighted by Crippen LogP contribution is 2.24. The number of rotatable bonds is 6. The molecule has 0 aliphatic rings. The first kappa shape index (κ1) is 15.9. The fourth-order valence-corrected chi connectivity index (χ4v) is 2.68. The van der Waals surface area contributed by atoms with Gasteiger partial charge in [-0.05, 0) is 40.0 Å². The fourth-order valence-electron chi connectivity index (χ4n) is 1.79.